The number of ether oxygens (including phenoxy) is 1. The monoisotopic (exact) mass is 353 g/mol. The van der Waals surface area contributed by atoms with E-state index < -0.39 is 10.2 Å². The molecule has 3 rings (SSSR count). The van der Waals surface area contributed by atoms with E-state index in [9.17, 15) is 8.42 Å². The standard InChI is InChI=1S/C17H27N3O3S/c1-15-7-10-19(11-8-15)24(21,22)20(14-17-6-4-12-23-17)13-16-5-2-3-9-18-16/h2-3,5,9,15,17H,4,6-8,10-14H2,1H3. The molecule has 0 aromatic carbocycles. The number of rotatable bonds is 6. The van der Waals surface area contributed by atoms with Crippen molar-refractivity contribution in [3.8, 4) is 0 Å². The van der Waals surface area contributed by atoms with Crippen LogP contribution in [0.3, 0.4) is 0 Å². The van der Waals surface area contributed by atoms with Crippen molar-refractivity contribution >= 4 is 10.2 Å². The van der Waals surface area contributed by atoms with Gasteiger partial charge in [-0.1, -0.05) is 13.0 Å². The third kappa shape index (κ3) is 4.33. The molecule has 2 aliphatic heterocycles. The molecule has 0 N–H and O–H groups in total. The molecule has 7 heteroatoms. The number of hydrogen-bond donors (Lipinski definition) is 0. The van der Waals surface area contributed by atoms with E-state index in [-0.39, 0.29) is 6.10 Å². The molecule has 1 unspecified atom stereocenters. The summed E-state index contributed by atoms with van der Waals surface area (Å²) < 4.78 is 35.2. The highest BCUT2D eigenvalue weighted by Gasteiger charge is 2.34. The first-order valence-corrected chi connectivity index (χ1v) is 10.2. The van der Waals surface area contributed by atoms with Gasteiger partial charge in [-0.3, -0.25) is 4.98 Å². The number of piperidine rings is 1. The zero-order valence-corrected chi connectivity index (χ0v) is 15.1. The maximum atomic E-state index is 13.2. The Morgan fingerprint density at radius 2 is 2.08 bits per heavy atom. The van der Waals surface area contributed by atoms with Crippen LogP contribution >= 0.6 is 0 Å². The molecule has 2 fully saturated rings. The van der Waals surface area contributed by atoms with Gasteiger partial charge in [-0.05, 0) is 43.7 Å². The highest BCUT2D eigenvalue weighted by Crippen LogP contribution is 2.23. The summed E-state index contributed by atoms with van der Waals surface area (Å²) in [6, 6.07) is 5.60. The first-order chi connectivity index (χ1) is 11.6. The number of pyridine rings is 1. The Bertz CT molecular complexity index is 609. The van der Waals surface area contributed by atoms with Gasteiger partial charge in [0.25, 0.3) is 10.2 Å². The van der Waals surface area contributed by atoms with Gasteiger partial charge in [0, 0.05) is 32.4 Å². The summed E-state index contributed by atoms with van der Waals surface area (Å²) in [5.74, 6) is 0.596. The molecule has 6 nitrogen and oxygen atoms in total. The summed E-state index contributed by atoms with van der Waals surface area (Å²) in [5.41, 5.74) is 0.768. The van der Waals surface area contributed by atoms with Crippen LogP contribution in [0.4, 0.5) is 0 Å². The van der Waals surface area contributed by atoms with Crippen molar-refractivity contribution in [1.29, 1.82) is 0 Å². The first kappa shape index (κ1) is 17.8. The Morgan fingerprint density at radius 3 is 2.71 bits per heavy atom. The maximum Gasteiger partial charge on any atom is 0.282 e. The van der Waals surface area contributed by atoms with Crippen molar-refractivity contribution in [2.24, 2.45) is 5.92 Å². The summed E-state index contributed by atoms with van der Waals surface area (Å²) in [6.07, 6.45) is 5.48. The van der Waals surface area contributed by atoms with Crippen LogP contribution in [0.15, 0.2) is 24.4 Å². The zero-order chi connectivity index (χ0) is 17.0. The van der Waals surface area contributed by atoms with Crippen LogP contribution in [0.1, 0.15) is 38.3 Å². The van der Waals surface area contributed by atoms with Gasteiger partial charge >= 0.3 is 0 Å². The summed E-state index contributed by atoms with van der Waals surface area (Å²) in [6.45, 7) is 4.83. The van der Waals surface area contributed by atoms with Gasteiger partial charge in [0.15, 0.2) is 0 Å². The zero-order valence-electron chi connectivity index (χ0n) is 14.3. The van der Waals surface area contributed by atoms with Crippen LogP contribution in [0.25, 0.3) is 0 Å². The molecule has 2 aliphatic rings. The maximum absolute atomic E-state index is 13.2. The van der Waals surface area contributed by atoms with Crippen molar-refractivity contribution < 1.29 is 13.2 Å². The number of aromatic nitrogens is 1. The molecule has 1 aromatic heterocycles. The molecular formula is C17H27N3O3S. The van der Waals surface area contributed by atoms with Crippen molar-refractivity contribution in [1.82, 2.24) is 13.6 Å². The first-order valence-electron chi connectivity index (χ1n) is 8.82. The SMILES string of the molecule is CC1CCN(S(=O)(=O)N(Cc2ccccn2)CC2CCCO2)CC1. The molecule has 0 bridgehead atoms. The topological polar surface area (TPSA) is 62.7 Å². The summed E-state index contributed by atoms with van der Waals surface area (Å²) >= 11 is 0. The van der Waals surface area contributed by atoms with Crippen LogP contribution in [0.2, 0.25) is 0 Å². The smallest absolute Gasteiger partial charge is 0.282 e. The third-order valence-electron chi connectivity index (χ3n) is 4.89. The quantitative estimate of drug-likeness (QED) is 0.785. The minimum atomic E-state index is -3.49. The second kappa shape index (κ2) is 7.91. The van der Waals surface area contributed by atoms with E-state index in [0.717, 1.165) is 38.0 Å². The molecule has 2 saturated heterocycles. The molecule has 0 saturated carbocycles. The van der Waals surface area contributed by atoms with Crippen LogP contribution in [0, 0.1) is 5.92 Å². The van der Waals surface area contributed by atoms with E-state index >= 15 is 0 Å². The fraction of sp³-hybridized carbons (Fsp3) is 0.706. The molecular weight excluding hydrogens is 326 g/mol. The highest BCUT2D eigenvalue weighted by atomic mass is 32.2. The minimum absolute atomic E-state index is 0.00722. The lowest BCUT2D eigenvalue weighted by Crippen LogP contribution is -2.48. The van der Waals surface area contributed by atoms with Crippen molar-refractivity contribution in [3.63, 3.8) is 0 Å². The molecule has 1 aromatic rings. The molecule has 0 amide bonds. The van der Waals surface area contributed by atoms with Crippen molar-refractivity contribution in [3.05, 3.63) is 30.1 Å². The van der Waals surface area contributed by atoms with Crippen LogP contribution in [0.5, 0.6) is 0 Å². The van der Waals surface area contributed by atoms with E-state index in [1.165, 1.54) is 0 Å². The van der Waals surface area contributed by atoms with Gasteiger partial charge < -0.3 is 4.74 Å². The second-order valence-corrected chi connectivity index (χ2v) is 8.77. The van der Waals surface area contributed by atoms with Gasteiger partial charge in [0.2, 0.25) is 0 Å². The van der Waals surface area contributed by atoms with Crippen LogP contribution in [-0.4, -0.2) is 54.4 Å². The molecule has 24 heavy (non-hydrogen) atoms. The van der Waals surface area contributed by atoms with Gasteiger partial charge in [-0.25, -0.2) is 0 Å². The van der Waals surface area contributed by atoms with Gasteiger partial charge in [0.05, 0.1) is 18.3 Å². The summed E-state index contributed by atoms with van der Waals surface area (Å²) in [5, 5.41) is 0. The van der Waals surface area contributed by atoms with E-state index in [2.05, 4.69) is 11.9 Å². The average Bonchev–Trinajstić information content (AvgIpc) is 3.09. The molecule has 3 heterocycles. The second-order valence-electron chi connectivity index (χ2n) is 6.84. The Morgan fingerprint density at radius 1 is 1.29 bits per heavy atom. The van der Waals surface area contributed by atoms with Crippen LogP contribution < -0.4 is 0 Å². The minimum Gasteiger partial charge on any atom is -0.377 e. The van der Waals surface area contributed by atoms with E-state index in [1.807, 2.05) is 18.2 Å². The molecule has 0 aliphatic carbocycles. The van der Waals surface area contributed by atoms with Gasteiger partial charge in [-0.15, -0.1) is 0 Å². The lowest BCUT2D eigenvalue weighted by molar-refractivity contribution is 0.0901. The van der Waals surface area contributed by atoms with E-state index in [4.69, 9.17) is 4.74 Å². The average molecular weight is 353 g/mol. The Kier molecular flexibility index (Phi) is 5.86. The van der Waals surface area contributed by atoms with E-state index in [1.54, 1.807) is 14.8 Å². The molecule has 0 spiro atoms. The normalized spacial score (nSPS) is 23.8. The predicted octanol–water partition coefficient (Wildman–Crippen LogP) is 2.04. The lowest BCUT2D eigenvalue weighted by Gasteiger charge is -2.34. The summed E-state index contributed by atoms with van der Waals surface area (Å²) in [4.78, 5) is 4.30. The molecule has 134 valence electrons. The van der Waals surface area contributed by atoms with Crippen molar-refractivity contribution in [2.45, 2.75) is 45.3 Å². The largest absolute Gasteiger partial charge is 0.377 e. The molecule has 1 atom stereocenters. The Hall–Kier alpha value is -1.02. The van der Waals surface area contributed by atoms with Crippen molar-refractivity contribution in [2.75, 3.05) is 26.2 Å². The fourth-order valence-electron chi connectivity index (χ4n) is 3.31. The Balaban J connectivity index is 1.76. The van der Waals surface area contributed by atoms with Gasteiger partial charge in [-0.2, -0.15) is 17.0 Å². The number of hydrogen-bond acceptors (Lipinski definition) is 4. The highest BCUT2D eigenvalue weighted by molar-refractivity contribution is 7.86. The number of nitrogens with zero attached hydrogens (tertiary/aromatic N) is 3. The predicted molar refractivity (Wildman–Crippen MR) is 92.5 cm³/mol. The lowest BCUT2D eigenvalue weighted by atomic mass is 10.0. The third-order valence-corrected chi connectivity index (χ3v) is 6.84. The molecule has 0 radical (unpaired) electrons. The fourth-order valence-corrected chi connectivity index (χ4v) is 4.96. The Labute approximate surface area is 145 Å². The van der Waals surface area contributed by atoms with Crippen LogP contribution in [-0.2, 0) is 21.5 Å². The van der Waals surface area contributed by atoms with Gasteiger partial charge in [0.1, 0.15) is 0 Å². The van der Waals surface area contributed by atoms with E-state index in [0.29, 0.717) is 32.1 Å². The summed E-state index contributed by atoms with van der Waals surface area (Å²) in [7, 11) is -3.49.